The Kier molecular flexibility index (Phi) is 8.98. The fraction of sp³-hybridized carbons (Fsp3) is 0.400. The summed E-state index contributed by atoms with van der Waals surface area (Å²) in [6.45, 7) is 15.6. The SMILES string of the molecule is C=CC/C(C)=N\C(N)=N/C(=C)N1CCO/C(=C/C=C(C)/C(C)=C/N)CC1. The second kappa shape index (κ2) is 11.0. The zero-order valence-electron chi connectivity index (χ0n) is 16.2. The molecule has 6 nitrogen and oxygen atoms in total. The number of guanidine groups is 1. The molecule has 0 aliphatic carbocycles. The lowest BCUT2D eigenvalue weighted by Crippen LogP contribution is -2.25. The summed E-state index contributed by atoms with van der Waals surface area (Å²) in [4.78, 5) is 10.6. The summed E-state index contributed by atoms with van der Waals surface area (Å²) in [7, 11) is 0. The fourth-order valence-electron chi connectivity index (χ4n) is 2.26. The minimum atomic E-state index is 0.206. The van der Waals surface area contributed by atoms with Gasteiger partial charge in [0.1, 0.15) is 12.4 Å². The van der Waals surface area contributed by atoms with Crippen LogP contribution in [0.4, 0.5) is 0 Å². The van der Waals surface area contributed by atoms with Gasteiger partial charge in [0.15, 0.2) is 0 Å². The molecule has 1 fully saturated rings. The van der Waals surface area contributed by atoms with E-state index in [-0.39, 0.29) is 5.96 Å². The number of nitrogens with two attached hydrogens (primary N) is 2. The minimum absolute atomic E-state index is 0.206. The van der Waals surface area contributed by atoms with Gasteiger partial charge < -0.3 is 21.1 Å². The lowest BCUT2D eigenvalue weighted by Gasteiger charge is -2.20. The van der Waals surface area contributed by atoms with Crippen molar-refractivity contribution in [1.29, 1.82) is 0 Å². The van der Waals surface area contributed by atoms with Gasteiger partial charge in [-0.15, -0.1) is 6.58 Å². The van der Waals surface area contributed by atoms with Gasteiger partial charge in [-0.25, -0.2) is 4.99 Å². The highest BCUT2D eigenvalue weighted by Crippen LogP contribution is 2.16. The molecule has 0 aromatic rings. The molecule has 6 heteroatoms. The Morgan fingerprint density at radius 3 is 2.62 bits per heavy atom. The van der Waals surface area contributed by atoms with Crippen molar-refractivity contribution in [1.82, 2.24) is 4.90 Å². The molecule has 142 valence electrons. The first-order valence-corrected chi connectivity index (χ1v) is 8.69. The van der Waals surface area contributed by atoms with E-state index in [1.54, 1.807) is 12.3 Å². The van der Waals surface area contributed by atoms with Crippen molar-refractivity contribution in [2.45, 2.75) is 33.6 Å². The highest BCUT2D eigenvalue weighted by atomic mass is 16.5. The Labute approximate surface area is 157 Å². The van der Waals surface area contributed by atoms with Crippen LogP contribution < -0.4 is 11.5 Å². The van der Waals surface area contributed by atoms with E-state index in [9.17, 15) is 0 Å². The first kappa shape index (κ1) is 21.3. The number of rotatable bonds is 6. The Bertz CT molecular complexity index is 668. The van der Waals surface area contributed by atoms with Crippen molar-refractivity contribution in [3.05, 3.63) is 60.3 Å². The number of hydrogen-bond donors (Lipinski definition) is 2. The predicted octanol–water partition coefficient (Wildman–Crippen LogP) is 3.22. The topological polar surface area (TPSA) is 89.2 Å². The number of allylic oxidation sites excluding steroid dienone is 5. The molecule has 0 bridgehead atoms. The summed E-state index contributed by atoms with van der Waals surface area (Å²) < 4.78 is 5.81. The summed E-state index contributed by atoms with van der Waals surface area (Å²) in [5.41, 5.74) is 14.4. The molecule has 0 spiro atoms. The molecular weight excluding hydrogens is 326 g/mol. The van der Waals surface area contributed by atoms with E-state index >= 15 is 0 Å². The lowest BCUT2D eigenvalue weighted by atomic mass is 10.1. The molecule has 0 saturated carbocycles. The summed E-state index contributed by atoms with van der Waals surface area (Å²) in [5, 5.41) is 0. The van der Waals surface area contributed by atoms with E-state index in [1.807, 2.05) is 37.8 Å². The Morgan fingerprint density at radius 1 is 1.23 bits per heavy atom. The van der Waals surface area contributed by atoms with Gasteiger partial charge >= 0.3 is 0 Å². The van der Waals surface area contributed by atoms with Gasteiger partial charge in [0, 0.05) is 25.1 Å². The van der Waals surface area contributed by atoms with Crippen molar-refractivity contribution in [3.8, 4) is 0 Å². The largest absolute Gasteiger partial charge is 0.496 e. The smallest absolute Gasteiger partial charge is 0.221 e. The maximum atomic E-state index is 5.88. The van der Waals surface area contributed by atoms with Gasteiger partial charge in [0.2, 0.25) is 5.96 Å². The number of ether oxygens (including phenoxy) is 1. The average Bonchev–Trinajstić information content (AvgIpc) is 2.84. The third-order valence-electron chi connectivity index (χ3n) is 4.02. The summed E-state index contributed by atoms with van der Waals surface area (Å²) in [6.07, 6.45) is 8.84. The molecule has 0 aromatic heterocycles. The van der Waals surface area contributed by atoms with Crippen LogP contribution in [0.5, 0.6) is 0 Å². The van der Waals surface area contributed by atoms with Crippen LogP contribution in [0.15, 0.2) is 70.3 Å². The first-order valence-electron chi connectivity index (χ1n) is 8.69. The zero-order valence-corrected chi connectivity index (χ0v) is 16.2. The molecule has 26 heavy (non-hydrogen) atoms. The van der Waals surface area contributed by atoms with Gasteiger partial charge in [-0.05, 0) is 44.2 Å². The Hall–Kier alpha value is -2.76. The number of aliphatic imine (C=N–C) groups is 2. The van der Waals surface area contributed by atoms with Crippen LogP contribution >= 0.6 is 0 Å². The second-order valence-electron chi connectivity index (χ2n) is 6.14. The van der Waals surface area contributed by atoms with E-state index in [0.29, 0.717) is 25.4 Å². The van der Waals surface area contributed by atoms with E-state index < -0.39 is 0 Å². The van der Waals surface area contributed by atoms with Gasteiger partial charge in [0.05, 0.1) is 12.3 Å². The minimum Gasteiger partial charge on any atom is -0.496 e. The van der Waals surface area contributed by atoms with Gasteiger partial charge in [0.25, 0.3) is 0 Å². The van der Waals surface area contributed by atoms with Crippen molar-refractivity contribution < 1.29 is 4.74 Å². The fourth-order valence-corrected chi connectivity index (χ4v) is 2.26. The average molecular weight is 358 g/mol. The zero-order chi connectivity index (χ0) is 19.5. The van der Waals surface area contributed by atoms with Gasteiger partial charge in [-0.1, -0.05) is 18.7 Å². The van der Waals surface area contributed by atoms with Crippen LogP contribution in [0.1, 0.15) is 33.6 Å². The van der Waals surface area contributed by atoms with Gasteiger partial charge in [-0.2, -0.15) is 4.99 Å². The van der Waals surface area contributed by atoms with Crippen LogP contribution in [0.3, 0.4) is 0 Å². The van der Waals surface area contributed by atoms with E-state index in [0.717, 1.165) is 35.6 Å². The lowest BCUT2D eigenvalue weighted by molar-refractivity contribution is 0.205. The van der Waals surface area contributed by atoms with E-state index in [2.05, 4.69) is 23.1 Å². The maximum Gasteiger partial charge on any atom is 0.221 e. The molecule has 4 N–H and O–H groups in total. The molecule has 1 aliphatic heterocycles. The quantitative estimate of drug-likeness (QED) is 0.330. The van der Waals surface area contributed by atoms with Crippen molar-refractivity contribution >= 4 is 11.7 Å². The molecule has 0 unspecified atom stereocenters. The third-order valence-corrected chi connectivity index (χ3v) is 4.02. The van der Waals surface area contributed by atoms with Crippen LogP contribution in [0, 0.1) is 0 Å². The van der Waals surface area contributed by atoms with Gasteiger partial charge in [-0.3, -0.25) is 0 Å². The maximum absolute atomic E-state index is 5.88. The molecule has 1 saturated heterocycles. The van der Waals surface area contributed by atoms with E-state index in [1.165, 1.54) is 0 Å². The summed E-state index contributed by atoms with van der Waals surface area (Å²) in [5.74, 6) is 1.73. The first-order chi connectivity index (χ1) is 12.4. The third kappa shape index (κ3) is 7.42. The normalized spacial score (nSPS) is 19.2. The van der Waals surface area contributed by atoms with Crippen LogP contribution in [-0.4, -0.2) is 36.3 Å². The molecule has 1 aliphatic rings. The number of hydrogen-bond acceptors (Lipinski definition) is 4. The monoisotopic (exact) mass is 357 g/mol. The second-order valence-corrected chi connectivity index (χ2v) is 6.14. The van der Waals surface area contributed by atoms with Crippen LogP contribution in [0.25, 0.3) is 0 Å². The van der Waals surface area contributed by atoms with E-state index in [4.69, 9.17) is 16.2 Å². The molecule has 1 rings (SSSR count). The molecule has 0 atom stereocenters. The van der Waals surface area contributed by atoms with Crippen LogP contribution in [0.2, 0.25) is 0 Å². The molecule has 0 amide bonds. The molecule has 0 radical (unpaired) electrons. The van der Waals surface area contributed by atoms with Crippen LogP contribution in [-0.2, 0) is 4.74 Å². The highest BCUT2D eigenvalue weighted by Gasteiger charge is 2.14. The highest BCUT2D eigenvalue weighted by molar-refractivity contribution is 5.96. The Morgan fingerprint density at radius 2 is 1.96 bits per heavy atom. The Balaban J connectivity index is 2.72. The summed E-state index contributed by atoms with van der Waals surface area (Å²) >= 11 is 0. The summed E-state index contributed by atoms with van der Waals surface area (Å²) in [6, 6.07) is 0. The van der Waals surface area contributed by atoms with Crippen molar-refractivity contribution in [2.24, 2.45) is 21.5 Å². The number of nitrogens with zero attached hydrogens (tertiary/aromatic N) is 3. The van der Waals surface area contributed by atoms with Crippen molar-refractivity contribution in [2.75, 3.05) is 19.7 Å². The molecule has 1 heterocycles. The predicted molar refractivity (Wildman–Crippen MR) is 111 cm³/mol. The van der Waals surface area contributed by atoms with Crippen molar-refractivity contribution in [3.63, 3.8) is 0 Å². The molecular formula is C20H31N5O. The molecule has 0 aromatic carbocycles. The standard InChI is InChI=1S/C20H31N5O/c1-6-7-17(4)23-20(22)24-18(5)25-11-10-19(26-13-12-25)9-8-15(2)16(3)14-21/h6,8-9,14H,1,5,7,10-13,21H2,2-4H3,(H2,22,24)/b15-8+,16-14+,19-9+,23-17-.